The number of nitrogens with one attached hydrogen (secondary N) is 1. The topological polar surface area (TPSA) is 95.9 Å². The Kier molecular flexibility index (Phi) is 7.36. The second kappa shape index (κ2) is 9.86. The first-order valence-corrected chi connectivity index (χ1v) is 15.8. The first kappa shape index (κ1) is 29.1. The normalized spacial score (nSPS) is 50.8. The molecule has 3 unspecified atom stereocenters. The summed E-state index contributed by atoms with van der Waals surface area (Å²) in [6.07, 6.45) is 8.61. The molecule has 0 saturated heterocycles. The molecule has 0 aromatic heterocycles. The molecule has 6 nitrogen and oxygen atoms in total. The number of allylic oxidation sites excluding steroid dienone is 2. The molecule has 4 saturated carbocycles. The number of hydrogen-bond donors (Lipinski definition) is 3. The average molecular weight is 544 g/mol. The third kappa shape index (κ3) is 4.00. The van der Waals surface area contributed by atoms with Crippen LogP contribution in [0.25, 0.3) is 0 Å². The summed E-state index contributed by atoms with van der Waals surface area (Å²) < 4.78 is 5.77. The van der Waals surface area contributed by atoms with Gasteiger partial charge < -0.3 is 20.3 Å². The monoisotopic (exact) mass is 543 g/mol. The molecule has 6 heteroatoms. The van der Waals surface area contributed by atoms with Crippen LogP contribution in [0.5, 0.6) is 0 Å². The molecule has 5 aliphatic carbocycles. The third-order valence-corrected chi connectivity index (χ3v) is 13.7. The van der Waals surface area contributed by atoms with Crippen LogP contribution in [-0.4, -0.2) is 47.4 Å². The zero-order valence-electron chi connectivity index (χ0n) is 25.4. The quantitative estimate of drug-likeness (QED) is 0.332. The number of ether oxygens (including phenoxy) is 1. The van der Waals surface area contributed by atoms with Gasteiger partial charge in [-0.2, -0.15) is 0 Å². The predicted octanol–water partition coefficient (Wildman–Crippen LogP) is 5.26. The lowest BCUT2D eigenvalue weighted by atomic mass is 9.34. The number of aliphatic hydroxyl groups is 2. The fourth-order valence-corrected chi connectivity index (χ4v) is 11.1. The number of esters is 1. The Balaban J connectivity index is 1.53. The Morgan fingerprint density at radius 2 is 1.74 bits per heavy atom. The number of fused-ring (bicyclic) bond motifs is 7. The van der Waals surface area contributed by atoms with Gasteiger partial charge in [-0.25, -0.2) is 0 Å². The number of aliphatic hydroxyl groups excluding tert-OH is 2. The van der Waals surface area contributed by atoms with Gasteiger partial charge >= 0.3 is 5.97 Å². The van der Waals surface area contributed by atoms with Crippen molar-refractivity contribution in [1.82, 2.24) is 5.32 Å². The van der Waals surface area contributed by atoms with Crippen LogP contribution in [0.4, 0.5) is 0 Å². The van der Waals surface area contributed by atoms with Gasteiger partial charge in [-0.05, 0) is 110 Å². The SMILES string of the molecule is CCNC(=O)COC(=O)[C@]12CC[C@@H](C)[C@H](C)C1C1=CCC3[C@@]4(C)C[C@@H](O)[C@H](O)[C@H](C)C4CC[C@@]3(C)[C@]1(C)CC2. The minimum absolute atomic E-state index is 0.0261. The molecular weight excluding hydrogens is 490 g/mol. The van der Waals surface area contributed by atoms with Crippen LogP contribution in [-0.2, 0) is 14.3 Å². The number of carbonyl (C=O) groups is 2. The number of hydrogen-bond acceptors (Lipinski definition) is 5. The Bertz CT molecular complexity index is 1030. The average Bonchev–Trinajstić information content (AvgIpc) is 2.88. The lowest BCUT2D eigenvalue weighted by Crippen LogP contribution is -2.65. The number of likely N-dealkylation sites (N-methyl/N-ethyl adjacent to an activating group) is 1. The van der Waals surface area contributed by atoms with Gasteiger partial charge in [0.15, 0.2) is 6.61 Å². The van der Waals surface area contributed by atoms with Crippen LogP contribution in [0.3, 0.4) is 0 Å². The molecule has 0 aromatic rings. The van der Waals surface area contributed by atoms with Crippen molar-refractivity contribution >= 4 is 11.9 Å². The largest absolute Gasteiger partial charge is 0.455 e. The van der Waals surface area contributed by atoms with E-state index in [1.165, 1.54) is 5.57 Å². The summed E-state index contributed by atoms with van der Waals surface area (Å²) in [5.74, 6) is 1.54. The molecule has 0 aromatic carbocycles. The second-order valence-corrected chi connectivity index (χ2v) is 15.0. The molecule has 12 atom stereocenters. The van der Waals surface area contributed by atoms with Crippen molar-refractivity contribution in [2.75, 3.05) is 13.2 Å². The van der Waals surface area contributed by atoms with Gasteiger partial charge in [-0.1, -0.05) is 53.2 Å². The molecule has 4 fully saturated rings. The van der Waals surface area contributed by atoms with E-state index in [1.54, 1.807) is 0 Å². The fraction of sp³-hybridized carbons (Fsp3) is 0.879. The first-order valence-electron chi connectivity index (χ1n) is 15.8. The highest BCUT2D eigenvalue weighted by atomic mass is 16.5. The highest BCUT2D eigenvalue weighted by Crippen LogP contribution is 2.75. The minimum Gasteiger partial charge on any atom is -0.455 e. The molecule has 1 amide bonds. The molecule has 5 rings (SSSR count). The highest BCUT2D eigenvalue weighted by molar-refractivity contribution is 5.83. The van der Waals surface area contributed by atoms with Crippen molar-refractivity contribution in [2.45, 2.75) is 112 Å². The summed E-state index contributed by atoms with van der Waals surface area (Å²) in [6, 6.07) is 0. The van der Waals surface area contributed by atoms with Gasteiger partial charge in [0.1, 0.15) is 0 Å². The van der Waals surface area contributed by atoms with Crippen LogP contribution in [0.2, 0.25) is 0 Å². The zero-order chi connectivity index (χ0) is 28.5. The van der Waals surface area contributed by atoms with E-state index in [9.17, 15) is 19.8 Å². The predicted molar refractivity (Wildman–Crippen MR) is 151 cm³/mol. The van der Waals surface area contributed by atoms with Crippen LogP contribution >= 0.6 is 0 Å². The molecular formula is C33H53NO5. The molecule has 0 radical (unpaired) electrons. The van der Waals surface area contributed by atoms with E-state index in [0.29, 0.717) is 36.6 Å². The van der Waals surface area contributed by atoms with Crippen molar-refractivity contribution in [2.24, 2.45) is 57.2 Å². The Morgan fingerprint density at radius 3 is 2.44 bits per heavy atom. The highest BCUT2D eigenvalue weighted by Gasteiger charge is 2.69. The van der Waals surface area contributed by atoms with E-state index >= 15 is 0 Å². The zero-order valence-corrected chi connectivity index (χ0v) is 25.4. The Morgan fingerprint density at radius 1 is 1.03 bits per heavy atom. The van der Waals surface area contributed by atoms with Gasteiger partial charge in [-0.15, -0.1) is 0 Å². The summed E-state index contributed by atoms with van der Waals surface area (Å²) >= 11 is 0. The second-order valence-electron chi connectivity index (χ2n) is 15.0. The molecule has 220 valence electrons. The van der Waals surface area contributed by atoms with Crippen molar-refractivity contribution < 1.29 is 24.5 Å². The minimum atomic E-state index is -0.667. The van der Waals surface area contributed by atoms with Crippen LogP contribution in [0.15, 0.2) is 11.6 Å². The molecule has 3 N–H and O–H groups in total. The van der Waals surface area contributed by atoms with Gasteiger partial charge in [0.25, 0.3) is 5.91 Å². The van der Waals surface area contributed by atoms with E-state index in [-0.39, 0.29) is 46.6 Å². The number of carbonyl (C=O) groups excluding carboxylic acids is 2. The van der Waals surface area contributed by atoms with Crippen LogP contribution in [0.1, 0.15) is 99.8 Å². The van der Waals surface area contributed by atoms with Gasteiger partial charge in [0.05, 0.1) is 17.6 Å². The van der Waals surface area contributed by atoms with E-state index in [1.807, 2.05) is 6.92 Å². The number of rotatable bonds is 4. The summed E-state index contributed by atoms with van der Waals surface area (Å²) in [7, 11) is 0. The maximum atomic E-state index is 13.9. The summed E-state index contributed by atoms with van der Waals surface area (Å²) in [5.41, 5.74) is 0.901. The molecule has 0 aliphatic heterocycles. The Labute approximate surface area is 235 Å². The van der Waals surface area contributed by atoms with Crippen molar-refractivity contribution in [3.63, 3.8) is 0 Å². The van der Waals surface area contributed by atoms with Crippen LogP contribution in [0, 0.1) is 57.2 Å². The van der Waals surface area contributed by atoms with E-state index < -0.39 is 17.6 Å². The maximum Gasteiger partial charge on any atom is 0.313 e. The van der Waals surface area contributed by atoms with Crippen LogP contribution < -0.4 is 5.32 Å². The van der Waals surface area contributed by atoms with Gasteiger partial charge in [0, 0.05) is 6.54 Å². The van der Waals surface area contributed by atoms with E-state index in [4.69, 9.17) is 4.74 Å². The smallest absolute Gasteiger partial charge is 0.313 e. The Hall–Kier alpha value is -1.40. The first-order chi connectivity index (χ1) is 18.3. The van der Waals surface area contributed by atoms with E-state index in [2.05, 4.69) is 52.9 Å². The van der Waals surface area contributed by atoms with Gasteiger partial charge in [0.2, 0.25) is 0 Å². The summed E-state index contributed by atoms with van der Waals surface area (Å²) in [6.45, 7) is 16.4. The summed E-state index contributed by atoms with van der Waals surface area (Å²) in [4.78, 5) is 26.1. The number of amides is 1. The maximum absolute atomic E-state index is 13.9. The fourth-order valence-electron chi connectivity index (χ4n) is 11.1. The lowest BCUT2D eigenvalue weighted by Gasteiger charge is -2.70. The lowest BCUT2D eigenvalue weighted by molar-refractivity contribution is -0.209. The van der Waals surface area contributed by atoms with Gasteiger partial charge in [-0.3, -0.25) is 9.59 Å². The van der Waals surface area contributed by atoms with E-state index in [0.717, 1.165) is 44.9 Å². The summed E-state index contributed by atoms with van der Waals surface area (Å²) in [5, 5.41) is 24.4. The molecule has 5 aliphatic rings. The third-order valence-electron chi connectivity index (χ3n) is 13.7. The van der Waals surface area contributed by atoms with Crippen molar-refractivity contribution in [1.29, 1.82) is 0 Å². The van der Waals surface area contributed by atoms with Crippen molar-refractivity contribution in [3.05, 3.63) is 11.6 Å². The standard InChI is InChI=1S/C33H53NO5/c1-8-34-26(36)18-39-29(38)33-14-11-19(2)20(3)27(33)23-9-10-25-30(5)17-24(35)28(37)21(4)22(30)12-13-32(25,7)31(23,6)15-16-33/h9,19-22,24-25,27-28,35,37H,8,10-18H2,1-7H3,(H,34,36)/t19-,20+,21-,22?,24-,25?,27?,28-,30+,31-,32-,33+/m1/s1. The molecule has 0 heterocycles. The molecule has 0 spiro atoms. The van der Waals surface area contributed by atoms with Crippen molar-refractivity contribution in [3.8, 4) is 0 Å². The molecule has 39 heavy (non-hydrogen) atoms. The molecule has 0 bridgehead atoms.